The first-order chi connectivity index (χ1) is 12.9. The summed E-state index contributed by atoms with van der Waals surface area (Å²) in [6, 6.07) is 12.2. The molecule has 0 saturated heterocycles. The highest BCUT2D eigenvalue weighted by Crippen LogP contribution is 2.24. The lowest BCUT2D eigenvalue weighted by Gasteiger charge is -2.06. The number of hydrogen-bond donors (Lipinski definition) is 2. The van der Waals surface area contributed by atoms with Gasteiger partial charge >= 0.3 is 0 Å². The van der Waals surface area contributed by atoms with Crippen LogP contribution in [0.25, 0.3) is 11.4 Å². The number of nitrogens with one attached hydrogen (secondary N) is 1. The van der Waals surface area contributed by atoms with Gasteiger partial charge in [0.05, 0.1) is 10.7 Å². The van der Waals surface area contributed by atoms with E-state index in [-0.39, 0.29) is 23.1 Å². The number of phenols is 1. The second-order valence-electron chi connectivity index (χ2n) is 5.55. The highest BCUT2D eigenvalue weighted by Gasteiger charge is 2.13. The van der Waals surface area contributed by atoms with E-state index < -0.39 is 4.92 Å². The van der Waals surface area contributed by atoms with Crippen LogP contribution in [0.2, 0.25) is 0 Å². The minimum Gasteiger partial charge on any atom is -0.508 e. The topological polar surface area (TPSA) is 123 Å². The van der Waals surface area contributed by atoms with Crippen molar-refractivity contribution in [2.75, 3.05) is 11.1 Å². The minimum absolute atomic E-state index is 0.0387. The normalized spacial score (nSPS) is 10.6. The van der Waals surface area contributed by atoms with Gasteiger partial charge in [-0.15, -0.1) is 10.2 Å². The number of thioether (sulfide) groups is 1. The Kier molecular flexibility index (Phi) is 5.36. The molecule has 0 aliphatic carbocycles. The Morgan fingerprint density at radius 2 is 1.85 bits per heavy atom. The van der Waals surface area contributed by atoms with Crippen LogP contribution in [0.15, 0.2) is 53.7 Å². The lowest BCUT2D eigenvalue weighted by atomic mass is 10.2. The highest BCUT2D eigenvalue weighted by molar-refractivity contribution is 7.99. The number of hydrogen-bond acceptors (Lipinski definition) is 7. The smallest absolute Gasteiger partial charge is 0.269 e. The Morgan fingerprint density at radius 1 is 1.19 bits per heavy atom. The maximum atomic E-state index is 12.1. The average Bonchev–Trinajstić information content (AvgIpc) is 3.02. The highest BCUT2D eigenvalue weighted by atomic mass is 32.2. The van der Waals surface area contributed by atoms with Crippen molar-refractivity contribution in [2.45, 2.75) is 5.16 Å². The number of amides is 1. The summed E-state index contributed by atoms with van der Waals surface area (Å²) in [6.45, 7) is 0. The van der Waals surface area contributed by atoms with E-state index in [1.165, 1.54) is 36.0 Å². The first kappa shape index (κ1) is 18.4. The lowest BCUT2D eigenvalue weighted by molar-refractivity contribution is -0.384. The molecule has 1 aromatic heterocycles. The molecule has 1 amide bonds. The number of carbonyl (C=O) groups excluding carboxylic acids is 1. The number of nitrogens with zero attached hydrogens (tertiary/aromatic N) is 4. The van der Waals surface area contributed by atoms with Gasteiger partial charge in [0.15, 0.2) is 11.0 Å². The van der Waals surface area contributed by atoms with Gasteiger partial charge in [0, 0.05) is 30.4 Å². The molecule has 2 aromatic carbocycles. The summed E-state index contributed by atoms with van der Waals surface area (Å²) >= 11 is 1.22. The molecular weight excluding hydrogens is 370 g/mol. The predicted octanol–water partition coefficient (Wildman–Crippen LogP) is 2.83. The molecule has 2 N–H and O–H groups in total. The van der Waals surface area contributed by atoms with Crippen LogP contribution in [-0.2, 0) is 11.8 Å². The quantitative estimate of drug-likeness (QED) is 0.380. The molecule has 3 aromatic rings. The Morgan fingerprint density at radius 3 is 2.48 bits per heavy atom. The molecule has 9 nitrogen and oxygen atoms in total. The van der Waals surface area contributed by atoms with Crippen LogP contribution in [0.1, 0.15) is 0 Å². The standard InChI is InChI=1S/C17H15N5O4S/c1-21-16(11-2-8-14(23)9-3-11)19-20-17(21)27-10-15(24)18-12-4-6-13(7-5-12)22(25)26/h2-9,23H,10H2,1H3,(H,18,24). The maximum Gasteiger partial charge on any atom is 0.269 e. The molecule has 0 bridgehead atoms. The third kappa shape index (κ3) is 4.42. The number of carbonyl (C=O) groups is 1. The Hall–Kier alpha value is -3.40. The fourth-order valence-corrected chi connectivity index (χ4v) is 3.01. The molecule has 0 aliphatic heterocycles. The summed E-state index contributed by atoms with van der Waals surface area (Å²) in [6.07, 6.45) is 0. The molecule has 0 aliphatic rings. The zero-order valence-electron chi connectivity index (χ0n) is 14.2. The van der Waals surface area contributed by atoms with E-state index >= 15 is 0 Å². The molecule has 0 radical (unpaired) electrons. The Balaban J connectivity index is 1.60. The number of nitro groups is 1. The Labute approximate surface area is 158 Å². The van der Waals surface area contributed by atoms with Crippen LogP contribution in [-0.4, -0.2) is 36.5 Å². The lowest BCUT2D eigenvalue weighted by Crippen LogP contribution is -2.14. The van der Waals surface area contributed by atoms with Crippen LogP contribution in [0.4, 0.5) is 11.4 Å². The molecule has 27 heavy (non-hydrogen) atoms. The number of aromatic hydroxyl groups is 1. The number of benzene rings is 2. The van der Waals surface area contributed by atoms with E-state index in [1.54, 1.807) is 35.9 Å². The molecule has 0 spiro atoms. The van der Waals surface area contributed by atoms with Crippen LogP contribution < -0.4 is 5.32 Å². The summed E-state index contributed by atoms with van der Waals surface area (Å²) in [5.41, 5.74) is 1.24. The molecule has 10 heteroatoms. The van der Waals surface area contributed by atoms with Gasteiger partial charge in [0.1, 0.15) is 5.75 Å². The zero-order valence-corrected chi connectivity index (χ0v) is 15.0. The summed E-state index contributed by atoms with van der Waals surface area (Å²) in [4.78, 5) is 22.2. The van der Waals surface area contributed by atoms with E-state index in [0.29, 0.717) is 16.7 Å². The minimum atomic E-state index is -0.499. The van der Waals surface area contributed by atoms with Gasteiger partial charge in [-0.05, 0) is 36.4 Å². The van der Waals surface area contributed by atoms with Crippen LogP contribution >= 0.6 is 11.8 Å². The summed E-state index contributed by atoms with van der Waals surface area (Å²) < 4.78 is 1.76. The second kappa shape index (κ2) is 7.87. The predicted molar refractivity (Wildman–Crippen MR) is 101 cm³/mol. The monoisotopic (exact) mass is 385 g/mol. The summed E-state index contributed by atoms with van der Waals surface area (Å²) in [7, 11) is 1.79. The number of rotatable bonds is 6. The molecule has 0 fully saturated rings. The van der Waals surface area contributed by atoms with E-state index in [1.807, 2.05) is 0 Å². The number of aromatic nitrogens is 3. The molecular formula is C17H15N5O4S. The van der Waals surface area contributed by atoms with Crippen molar-refractivity contribution in [1.82, 2.24) is 14.8 Å². The maximum absolute atomic E-state index is 12.1. The largest absolute Gasteiger partial charge is 0.508 e. The van der Waals surface area contributed by atoms with Crippen molar-refractivity contribution in [3.05, 3.63) is 58.6 Å². The van der Waals surface area contributed by atoms with Crippen LogP contribution in [0.5, 0.6) is 5.75 Å². The van der Waals surface area contributed by atoms with Crippen molar-refractivity contribution in [2.24, 2.45) is 7.05 Å². The van der Waals surface area contributed by atoms with Crippen molar-refractivity contribution < 1.29 is 14.8 Å². The van der Waals surface area contributed by atoms with E-state index in [2.05, 4.69) is 15.5 Å². The first-order valence-electron chi connectivity index (χ1n) is 7.80. The van der Waals surface area contributed by atoms with Gasteiger partial charge < -0.3 is 15.0 Å². The van der Waals surface area contributed by atoms with Gasteiger partial charge in [-0.1, -0.05) is 11.8 Å². The van der Waals surface area contributed by atoms with Crippen molar-refractivity contribution in [3.63, 3.8) is 0 Å². The van der Waals surface area contributed by atoms with E-state index in [0.717, 1.165) is 5.56 Å². The van der Waals surface area contributed by atoms with Gasteiger partial charge in [0.2, 0.25) is 5.91 Å². The second-order valence-corrected chi connectivity index (χ2v) is 6.50. The first-order valence-corrected chi connectivity index (χ1v) is 8.78. The van der Waals surface area contributed by atoms with Gasteiger partial charge in [-0.25, -0.2) is 0 Å². The Bertz CT molecular complexity index is 970. The third-order valence-corrected chi connectivity index (χ3v) is 4.67. The van der Waals surface area contributed by atoms with Crippen molar-refractivity contribution >= 4 is 29.0 Å². The molecule has 1 heterocycles. The number of anilines is 1. The number of non-ortho nitro benzene ring substituents is 1. The fraction of sp³-hybridized carbons (Fsp3) is 0.118. The summed E-state index contributed by atoms with van der Waals surface area (Å²) in [5, 5.41) is 31.4. The van der Waals surface area contributed by atoms with Crippen LogP contribution in [0.3, 0.4) is 0 Å². The molecule has 138 valence electrons. The van der Waals surface area contributed by atoms with Gasteiger partial charge in [0.25, 0.3) is 5.69 Å². The molecule has 0 atom stereocenters. The van der Waals surface area contributed by atoms with E-state index in [9.17, 15) is 20.0 Å². The SMILES string of the molecule is Cn1c(SCC(=O)Nc2ccc([N+](=O)[O-])cc2)nnc1-c1ccc(O)cc1. The molecule has 0 saturated carbocycles. The number of phenolic OH excluding ortho intramolecular Hbond substituents is 1. The van der Waals surface area contributed by atoms with E-state index in [4.69, 9.17) is 0 Å². The van der Waals surface area contributed by atoms with Crippen molar-refractivity contribution in [1.29, 1.82) is 0 Å². The molecule has 0 unspecified atom stereocenters. The van der Waals surface area contributed by atoms with Gasteiger partial charge in [-0.3, -0.25) is 14.9 Å². The fourth-order valence-electron chi connectivity index (χ4n) is 2.30. The average molecular weight is 385 g/mol. The van der Waals surface area contributed by atoms with Crippen molar-refractivity contribution in [3.8, 4) is 17.1 Å². The summed E-state index contributed by atoms with van der Waals surface area (Å²) in [5.74, 6) is 0.633. The molecule has 3 rings (SSSR count). The van der Waals surface area contributed by atoms with Gasteiger partial charge in [-0.2, -0.15) is 0 Å². The van der Waals surface area contributed by atoms with Crippen LogP contribution in [0, 0.1) is 10.1 Å². The third-order valence-electron chi connectivity index (χ3n) is 3.65. The number of nitro benzene ring substituents is 1. The zero-order chi connectivity index (χ0) is 19.4.